The predicted octanol–water partition coefficient (Wildman–Crippen LogP) is 4.37. The zero-order valence-electron chi connectivity index (χ0n) is 13.9. The molecule has 20 heavy (non-hydrogen) atoms. The molecule has 0 bridgehead atoms. The van der Waals surface area contributed by atoms with Gasteiger partial charge < -0.3 is 10.3 Å². The lowest BCUT2D eigenvalue weighted by molar-refractivity contribution is 0.407. The number of nitrogen functional groups attached to an aromatic ring is 1. The van der Waals surface area contributed by atoms with Crippen LogP contribution in [0.3, 0.4) is 0 Å². The Morgan fingerprint density at radius 1 is 1.25 bits per heavy atom. The Kier molecular flexibility index (Phi) is 4.46. The van der Waals surface area contributed by atoms with Crippen LogP contribution in [0.25, 0.3) is 0 Å². The molecule has 0 saturated heterocycles. The normalized spacial score (nSPS) is 17.3. The van der Waals surface area contributed by atoms with Crippen LogP contribution in [-0.4, -0.2) is 9.55 Å². The molecule has 1 aromatic heterocycles. The summed E-state index contributed by atoms with van der Waals surface area (Å²) in [5.74, 6) is 3.40. The van der Waals surface area contributed by atoms with Gasteiger partial charge in [0.05, 0.1) is 5.69 Å². The van der Waals surface area contributed by atoms with Gasteiger partial charge in [0.2, 0.25) is 0 Å². The molecule has 0 aliphatic heterocycles. The molecule has 1 heterocycles. The summed E-state index contributed by atoms with van der Waals surface area (Å²) in [5, 5.41) is 0. The number of nitrogens with two attached hydrogens (primary N) is 1. The van der Waals surface area contributed by atoms with Crippen molar-refractivity contribution in [2.24, 2.45) is 11.3 Å². The molecule has 1 aromatic rings. The Morgan fingerprint density at radius 3 is 2.35 bits per heavy atom. The lowest BCUT2D eigenvalue weighted by Gasteiger charge is -2.17. The zero-order valence-corrected chi connectivity index (χ0v) is 13.9. The molecular weight excluding hydrogens is 246 g/mol. The van der Waals surface area contributed by atoms with Crippen molar-refractivity contribution in [3.63, 3.8) is 0 Å². The monoisotopic (exact) mass is 277 g/mol. The third-order valence-corrected chi connectivity index (χ3v) is 4.08. The summed E-state index contributed by atoms with van der Waals surface area (Å²) in [4.78, 5) is 4.97. The van der Waals surface area contributed by atoms with Crippen molar-refractivity contribution in [1.82, 2.24) is 9.55 Å². The maximum absolute atomic E-state index is 6.43. The Labute approximate surface area is 124 Å². The fraction of sp³-hybridized carbons (Fsp3) is 0.824. The molecule has 3 heteroatoms. The van der Waals surface area contributed by atoms with Crippen LogP contribution in [0.2, 0.25) is 0 Å². The Hall–Kier alpha value is -0.990. The number of anilines is 1. The number of hydrogen-bond acceptors (Lipinski definition) is 2. The van der Waals surface area contributed by atoms with Gasteiger partial charge in [-0.25, -0.2) is 4.98 Å². The van der Waals surface area contributed by atoms with E-state index in [1.54, 1.807) is 0 Å². The summed E-state index contributed by atoms with van der Waals surface area (Å²) >= 11 is 0. The van der Waals surface area contributed by atoms with Gasteiger partial charge in [0.25, 0.3) is 0 Å². The Balaban J connectivity index is 2.35. The van der Waals surface area contributed by atoms with Crippen molar-refractivity contribution >= 4 is 5.82 Å². The second-order valence-electron chi connectivity index (χ2n) is 8.03. The van der Waals surface area contributed by atoms with Gasteiger partial charge in [-0.15, -0.1) is 0 Å². The number of nitrogens with zero attached hydrogens (tertiary/aromatic N) is 2. The van der Waals surface area contributed by atoms with E-state index in [1.165, 1.54) is 31.5 Å². The van der Waals surface area contributed by atoms with E-state index in [1.807, 2.05) is 0 Å². The first-order valence-corrected chi connectivity index (χ1v) is 8.12. The summed E-state index contributed by atoms with van der Waals surface area (Å²) in [7, 11) is 0. The van der Waals surface area contributed by atoms with Crippen molar-refractivity contribution in [2.75, 3.05) is 5.73 Å². The number of hydrogen-bond donors (Lipinski definition) is 1. The van der Waals surface area contributed by atoms with E-state index in [9.17, 15) is 0 Å². The molecule has 0 unspecified atom stereocenters. The van der Waals surface area contributed by atoms with Gasteiger partial charge >= 0.3 is 0 Å². The van der Waals surface area contributed by atoms with Crippen molar-refractivity contribution in [2.45, 2.75) is 79.2 Å². The fourth-order valence-corrected chi connectivity index (χ4v) is 3.22. The van der Waals surface area contributed by atoms with Crippen LogP contribution in [0.15, 0.2) is 0 Å². The summed E-state index contributed by atoms with van der Waals surface area (Å²) < 4.78 is 2.31. The van der Waals surface area contributed by atoms with Crippen LogP contribution in [0, 0.1) is 11.3 Å². The molecule has 0 amide bonds. The molecule has 3 nitrogen and oxygen atoms in total. The summed E-state index contributed by atoms with van der Waals surface area (Å²) in [6, 6.07) is 0. The number of imidazole rings is 1. The van der Waals surface area contributed by atoms with E-state index in [4.69, 9.17) is 10.7 Å². The van der Waals surface area contributed by atoms with Crippen molar-refractivity contribution < 1.29 is 0 Å². The highest BCUT2D eigenvalue weighted by Gasteiger charge is 2.27. The Bertz CT molecular complexity index is 446. The van der Waals surface area contributed by atoms with Gasteiger partial charge in [0.1, 0.15) is 11.6 Å². The maximum Gasteiger partial charge on any atom is 0.126 e. The molecule has 0 atom stereocenters. The standard InChI is InChI=1S/C17H31N3/c1-12(2)11-20-15(18)14(10-17(3,4)5)19-16(20)13-8-6-7-9-13/h12-13H,6-11,18H2,1-5H3. The largest absolute Gasteiger partial charge is 0.384 e. The molecule has 0 aromatic carbocycles. The van der Waals surface area contributed by atoms with Gasteiger partial charge in [0, 0.05) is 12.5 Å². The lowest BCUT2D eigenvalue weighted by Crippen LogP contribution is -2.14. The van der Waals surface area contributed by atoms with Gasteiger partial charge in [0.15, 0.2) is 0 Å². The quantitative estimate of drug-likeness (QED) is 0.888. The number of rotatable bonds is 4. The first-order valence-electron chi connectivity index (χ1n) is 8.12. The minimum atomic E-state index is 0.234. The van der Waals surface area contributed by atoms with Crippen molar-refractivity contribution in [1.29, 1.82) is 0 Å². The van der Waals surface area contributed by atoms with Crippen LogP contribution in [0.4, 0.5) is 5.82 Å². The molecule has 0 spiro atoms. The minimum Gasteiger partial charge on any atom is -0.384 e. The van der Waals surface area contributed by atoms with E-state index in [0.717, 1.165) is 24.5 Å². The van der Waals surface area contributed by atoms with Crippen molar-refractivity contribution in [3.8, 4) is 0 Å². The van der Waals surface area contributed by atoms with Gasteiger partial charge in [-0.05, 0) is 30.6 Å². The van der Waals surface area contributed by atoms with Crippen LogP contribution >= 0.6 is 0 Å². The molecule has 2 rings (SSSR count). The van der Waals surface area contributed by atoms with E-state index in [0.29, 0.717) is 11.8 Å². The molecule has 1 saturated carbocycles. The van der Waals surface area contributed by atoms with Crippen LogP contribution in [0.1, 0.15) is 77.7 Å². The molecular formula is C17H31N3. The highest BCUT2D eigenvalue weighted by Crippen LogP contribution is 2.36. The van der Waals surface area contributed by atoms with E-state index >= 15 is 0 Å². The smallest absolute Gasteiger partial charge is 0.126 e. The Morgan fingerprint density at radius 2 is 1.85 bits per heavy atom. The average molecular weight is 277 g/mol. The molecule has 1 aliphatic rings. The molecule has 1 fully saturated rings. The molecule has 1 aliphatic carbocycles. The maximum atomic E-state index is 6.43. The second-order valence-corrected chi connectivity index (χ2v) is 8.03. The molecule has 0 radical (unpaired) electrons. The topological polar surface area (TPSA) is 43.8 Å². The minimum absolute atomic E-state index is 0.234. The van der Waals surface area contributed by atoms with E-state index in [-0.39, 0.29) is 5.41 Å². The third-order valence-electron chi connectivity index (χ3n) is 4.08. The molecule has 114 valence electrons. The van der Waals surface area contributed by atoms with Crippen LogP contribution in [-0.2, 0) is 13.0 Å². The van der Waals surface area contributed by atoms with Gasteiger partial charge in [-0.2, -0.15) is 0 Å². The second kappa shape index (κ2) is 5.79. The van der Waals surface area contributed by atoms with Crippen LogP contribution in [0.5, 0.6) is 0 Å². The van der Waals surface area contributed by atoms with E-state index < -0.39 is 0 Å². The van der Waals surface area contributed by atoms with Gasteiger partial charge in [-0.3, -0.25) is 0 Å². The first kappa shape index (κ1) is 15.4. The van der Waals surface area contributed by atoms with Crippen LogP contribution < -0.4 is 5.73 Å². The summed E-state index contributed by atoms with van der Waals surface area (Å²) in [6.07, 6.45) is 6.21. The summed E-state index contributed by atoms with van der Waals surface area (Å²) in [6.45, 7) is 12.3. The average Bonchev–Trinajstić information content (AvgIpc) is 2.90. The predicted molar refractivity (Wildman–Crippen MR) is 85.8 cm³/mol. The van der Waals surface area contributed by atoms with Crippen molar-refractivity contribution in [3.05, 3.63) is 11.5 Å². The third kappa shape index (κ3) is 3.56. The van der Waals surface area contributed by atoms with Gasteiger partial charge in [-0.1, -0.05) is 47.5 Å². The highest BCUT2D eigenvalue weighted by molar-refractivity contribution is 5.40. The number of aromatic nitrogens is 2. The lowest BCUT2D eigenvalue weighted by atomic mass is 9.90. The van der Waals surface area contributed by atoms with E-state index in [2.05, 4.69) is 39.2 Å². The zero-order chi connectivity index (χ0) is 14.9. The SMILES string of the molecule is CC(C)Cn1c(C2CCCC2)nc(CC(C)(C)C)c1N. The molecule has 2 N–H and O–H groups in total. The highest BCUT2D eigenvalue weighted by atomic mass is 15.1. The first-order chi connectivity index (χ1) is 9.28. The summed E-state index contributed by atoms with van der Waals surface area (Å²) in [5.41, 5.74) is 7.77. The fourth-order valence-electron chi connectivity index (χ4n) is 3.22.